The Morgan fingerprint density at radius 1 is 0.867 bits per heavy atom. The molecule has 0 aliphatic rings. The highest BCUT2D eigenvalue weighted by Crippen LogP contribution is 2.09. The lowest BCUT2D eigenvalue weighted by Crippen LogP contribution is -2.57. The van der Waals surface area contributed by atoms with Crippen LogP contribution in [-0.4, -0.2) is 46.9 Å². The highest BCUT2D eigenvalue weighted by atomic mass is 16.4. The lowest BCUT2D eigenvalue weighted by atomic mass is 10.00. The number of carboxylic acids is 1. The van der Waals surface area contributed by atoms with Gasteiger partial charge >= 0.3 is 5.97 Å². The van der Waals surface area contributed by atoms with Crippen LogP contribution in [0.15, 0.2) is 30.3 Å². The second-order valence-corrected chi connectivity index (χ2v) is 8.20. The maximum atomic E-state index is 12.9. The number of rotatable bonds is 11. The minimum absolute atomic E-state index is 0.0682. The van der Waals surface area contributed by atoms with E-state index in [-0.39, 0.29) is 30.6 Å². The fraction of sp³-hybridized carbons (Fsp3) is 0.545. The molecule has 4 N–H and O–H groups in total. The molecule has 1 aromatic carbocycles. The van der Waals surface area contributed by atoms with Crippen LogP contribution in [0.25, 0.3) is 0 Å². The average molecular weight is 420 g/mol. The van der Waals surface area contributed by atoms with Gasteiger partial charge in [-0.15, -0.1) is 0 Å². The van der Waals surface area contributed by atoms with Gasteiger partial charge in [0.25, 0.3) is 0 Å². The first-order valence-corrected chi connectivity index (χ1v) is 10.2. The lowest BCUT2D eigenvalue weighted by molar-refractivity contribution is -0.142. The minimum Gasteiger partial charge on any atom is -0.480 e. The van der Waals surface area contributed by atoms with Gasteiger partial charge in [0.1, 0.15) is 18.1 Å². The van der Waals surface area contributed by atoms with Gasteiger partial charge in [-0.05, 0) is 23.8 Å². The van der Waals surface area contributed by atoms with Crippen LogP contribution in [0.5, 0.6) is 0 Å². The van der Waals surface area contributed by atoms with Gasteiger partial charge in [0.05, 0.1) is 0 Å². The molecule has 8 nitrogen and oxygen atoms in total. The third-order valence-corrected chi connectivity index (χ3v) is 4.55. The quantitative estimate of drug-likeness (QED) is 0.433. The second-order valence-electron chi connectivity index (χ2n) is 8.20. The van der Waals surface area contributed by atoms with Gasteiger partial charge in [0.15, 0.2) is 0 Å². The molecule has 0 radical (unpaired) electrons. The van der Waals surface area contributed by atoms with Gasteiger partial charge in [-0.1, -0.05) is 58.0 Å². The normalized spacial score (nSPS) is 14.0. The average Bonchev–Trinajstić information content (AvgIpc) is 2.64. The first-order valence-electron chi connectivity index (χ1n) is 10.2. The van der Waals surface area contributed by atoms with E-state index in [4.69, 9.17) is 0 Å². The van der Waals surface area contributed by atoms with Gasteiger partial charge in [0.2, 0.25) is 17.7 Å². The number of hydrogen-bond acceptors (Lipinski definition) is 4. The molecular weight excluding hydrogens is 386 g/mol. The predicted octanol–water partition coefficient (Wildman–Crippen LogP) is 1.49. The highest BCUT2D eigenvalue weighted by molar-refractivity contribution is 5.93. The molecule has 30 heavy (non-hydrogen) atoms. The smallest absolute Gasteiger partial charge is 0.326 e. The van der Waals surface area contributed by atoms with Crippen LogP contribution in [0.1, 0.15) is 46.6 Å². The molecule has 0 fully saturated rings. The number of amides is 3. The molecule has 0 aliphatic carbocycles. The molecular formula is C22H33N3O5. The Labute approximate surface area is 177 Å². The number of aliphatic carboxylic acids is 1. The molecule has 0 aromatic heterocycles. The summed E-state index contributed by atoms with van der Waals surface area (Å²) in [7, 11) is 0. The topological polar surface area (TPSA) is 125 Å². The van der Waals surface area contributed by atoms with Gasteiger partial charge in [-0.3, -0.25) is 14.4 Å². The van der Waals surface area contributed by atoms with Gasteiger partial charge < -0.3 is 21.1 Å². The standard InChI is InChI=1S/C22H33N3O5/c1-13(2)11-18(22(29)30)25-20(27)17(12-16-9-7-6-8-10-16)24-21(28)19(14(3)4)23-15(5)26/h6-10,13-14,17-19H,11-12H2,1-5H3,(H,23,26)(H,24,28)(H,25,27)(H,29,30)/t17-,18-,19-/m0/s1. The molecule has 3 atom stereocenters. The number of hydrogen-bond donors (Lipinski definition) is 4. The molecule has 0 aliphatic heterocycles. The first kappa shape index (κ1) is 25.1. The van der Waals surface area contributed by atoms with E-state index in [2.05, 4.69) is 16.0 Å². The number of nitrogens with one attached hydrogen (secondary N) is 3. The Bertz CT molecular complexity index is 734. The van der Waals surface area contributed by atoms with E-state index in [1.807, 2.05) is 44.2 Å². The van der Waals surface area contributed by atoms with Crippen LogP contribution in [0.2, 0.25) is 0 Å². The van der Waals surface area contributed by atoms with E-state index < -0.39 is 35.9 Å². The molecule has 0 spiro atoms. The van der Waals surface area contributed by atoms with Crippen molar-refractivity contribution in [1.82, 2.24) is 16.0 Å². The van der Waals surface area contributed by atoms with Crippen molar-refractivity contribution in [1.29, 1.82) is 0 Å². The summed E-state index contributed by atoms with van der Waals surface area (Å²) in [5.41, 5.74) is 0.814. The summed E-state index contributed by atoms with van der Waals surface area (Å²) in [5, 5.41) is 17.3. The summed E-state index contributed by atoms with van der Waals surface area (Å²) < 4.78 is 0. The highest BCUT2D eigenvalue weighted by Gasteiger charge is 2.30. The maximum Gasteiger partial charge on any atom is 0.326 e. The van der Waals surface area contributed by atoms with E-state index in [1.165, 1.54) is 6.92 Å². The monoisotopic (exact) mass is 419 g/mol. The van der Waals surface area contributed by atoms with E-state index in [9.17, 15) is 24.3 Å². The van der Waals surface area contributed by atoms with Crippen LogP contribution in [0, 0.1) is 11.8 Å². The molecule has 166 valence electrons. The summed E-state index contributed by atoms with van der Waals surface area (Å²) in [6, 6.07) is 6.28. The van der Waals surface area contributed by atoms with E-state index in [0.29, 0.717) is 0 Å². The molecule has 1 aromatic rings. The van der Waals surface area contributed by atoms with Crippen molar-refractivity contribution < 1.29 is 24.3 Å². The second kappa shape index (κ2) is 11.9. The minimum atomic E-state index is -1.12. The number of carboxylic acid groups (broad SMARTS) is 1. The maximum absolute atomic E-state index is 12.9. The van der Waals surface area contributed by atoms with E-state index in [0.717, 1.165) is 5.56 Å². The summed E-state index contributed by atoms with van der Waals surface area (Å²) >= 11 is 0. The molecule has 0 heterocycles. The van der Waals surface area contributed by atoms with Crippen LogP contribution < -0.4 is 16.0 Å². The lowest BCUT2D eigenvalue weighted by Gasteiger charge is -2.26. The van der Waals surface area contributed by atoms with Gasteiger partial charge in [0, 0.05) is 13.3 Å². The fourth-order valence-electron chi connectivity index (χ4n) is 3.04. The summed E-state index contributed by atoms with van der Waals surface area (Å²) in [4.78, 5) is 48.7. The Balaban J connectivity index is 3.05. The molecule has 8 heteroatoms. The third kappa shape index (κ3) is 8.63. The van der Waals surface area contributed by atoms with Crippen LogP contribution >= 0.6 is 0 Å². The molecule has 0 saturated carbocycles. The Morgan fingerprint density at radius 2 is 1.43 bits per heavy atom. The van der Waals surface area contributed by atoms with Crippen LogP contribution in [0.4, 0.5) is 0 Å². The molecule has 3 amide bonds. The molecule has 0 bridgehead atoms. The van der Waals surface area contributed by atoms with Crippen LogP contribution in [-0.2, 0) is 25.6 Å². The third-order valence-electron chi connectivity index (χ3n) is 4.55. The molecule has 0 saturated heterocycles. The van der Waals surface area contributed by atoms with E-state index >= 15 is 0 Å². The number of benzene rings is 1. The van der Waals surface area contributed by atoms with Crippen molar-refractivity contribution >= 4 is 23.7 Å². The zero-order valence-electron chi connectivity index (χ0n) is 18.3. The zero-order valence-corrected chi connectivity index (χ0v) is 18.3. The van der Waals surface area contributed by atoms with Crippen molar-refractivity contribution in [2.75, 3.05) is 0 Å². The van der Waals surface area contributed by atoms with Crippen molar-refractivity contribution in [2.24, 2.45) is 11.8 Å². The Morgan fingerprint density at radius 3 is 1.90 bits per heavy atom. The Hall–Kier alpha value is -2.90. The molecule has 1 rings (SSSR count). The Kier molecular flexibility index (Phi) is 10.0. The molecule has 0 unspecified atom stereocenters. The number of carbonyl (C=O) groups is 4. The summed E-state index contributed by atoms with van der Waals surface area (Å²) in [6.45, 7) is 8.63. The largest absolute Gasteiger partial charge is 0.480 e. The SMILES string of the molecule is CC(=O)N[C@H](C(=O)N[C@@H](Cc1ccccc1)C(=O)N[C@@H](CC(C)C)C(=O)O)C(C)C. The van der Waals surface area contributed by atoms with Gasteiger partial charge in [-0.25, -0.2) is 4.79 Å². The predicted molar refractivity (Wildman–Crippen MR) is 114 cm³/mol. The first-order chi connectivity index (χ1) is 14.0. The van der Waals surface area contributed by atoms with Crippen LogP contribution in [0.3, 0.4) is 0 Å². The van der Waals surface area contributed by atoms with Crippen molar-refractivity contribution in [3.05, 3.63) is 35.9 Å². The van der Waals surface area contributed by atoms with Crippen molar-refractivity contribution in [3.63, 3.8) is 0 Å². The van der Waals surface area contributed by atoms with Crippen molar-refractivity contribution in [3.8, 4) is 0 Å². The summed E-state index contributed by atoms with van der Waals surface area (Å²) in [6.07, 6.45) is 0.463. The van der Waals surface area contributed by atoms with E-state index in [1.54, 1.807) is 13.8 Å². The van der Waals surface area contributed by atoms with Gasteiger partial charge in [-0.2, -0.15) is 0 Å². The van der Waals surface area contributed by atoms with Crippen molar-refractivity contribution in [2.45, 2.75) is 65.6 Å². The fourth-order valence-corrected chi connectivity index (χ4v) is 3.04. The number of carbonyl (C=O) groups excluding carboxylic acids is 3. The summed E-state index contributed by atoms with van der Waals surface area (Å²) in [5.74, 6) is -2.67. The zero-order chi connectivity index (χ0) is 22.8.